The minimum absolute atomic E-state index is 0.409. The lowest BCUT2D eigenvalue weighted by Crippen LogP contribution is -2.11. The summed E-state index contributed by atoms with van der Waals surface area (Å²) >= 11 is 0. The number of nitrogens with two attached hydrogens (primary N) is 1. The Morgan fingerprint density at radius 2 is 1.96 bits per heavy atom. The number of aryl methyl sites for hydroxylation is 1. The molecule has 3 rings (SSSR count). The maximum atomic E-state index is 11.6. The van der Waals surface area contributed by atoms with Crippen molar-refractivity contribution in [3.8, 4) is 0 Å². The zero-order valence-corrected chi connectivity index (χ0v) is 13.2. The SMILES string of the molecule is COC(=O)c1ccc2c(c1)nc(Nc1cccc(C(N)=O)c1)n2C. The van der Waals surface area contributed by atoms with Crippen LogP contribution in [0.3, 0.4) is 0 Å². The Morgan fingerprint density at radius 1 is 1.17 bits per heavy atom. The number of carbonyl (C=O) groups is 2. The molecule has 1 amide bonds. The second kappa shape index (κ2) is 6.04. The highest BCUT2D eigenvalue weighted by atomic mass is 16.5. The largest absolute Gasteiger partial charge is 0.465 e. The third kappa shape index (κ3) is 2.79. The van der Waals surface area contributed by atoms with E-state index >= 15 is 0 Å². The summed E-state index contributed by atoms with van der Waals surface area (Å²) in [4.78, 5) is 27.4. The first-order valence-electron chi connectivity index (χ1n) is 7.21. The average molecular weight is 324 g/mol. The van der Waals surface area contributed by atoms with Crippen LogP contribution in [0, 0.1) is 0 Å². The van der Waals surface area contributed by atoms with E-state index in [1.165, 1.54) is 7.11 Å². The highest BCUT2D eigenvalue weighted by molar-refractivity contribution is 5.95. The third-order valence-corrected chi connectivity index (χ3v) is 3.71. The van der Waals surface area contributed by atoms with Crippen molar-refractivity contribution in [2.45, 2.75) is 0 Å². The van der Waals surface area contributed by atoms with E-state index in [9.17, 15) is 9.59 Å². The lowest BCUT2D eigenvalue weighted by atomic mass is 10.2. The number of hydrogen-bond acceptors (Lipinski definition) is 5. The topological polar surface area (TPSA) is 99.2 Å². The number of carbonyl (C=O) groups excluding carboxylic acids is 2. The Bertz CT molecular complexity index is 946. The smallest absolute Gasteiger partial charge is 0.337 e. The number of anilines is 2. The van der Waals surface area contributed by atoms with Gasteiger partial charge in [0.2, 0.25) is 11.9 Å². The number of nitrogens with one attached hydrogen (secondary N) is 1. The molecule has 0 aliphatic heterocycles. The molecule has 0 bridgehead atoms. The maximum Gasteiger partial charge on any atom is 0.337 e. The molecule has 0 fully saturated rings. The first-order chi connectivity index (χ1) is 11.5. The van der Waals surface area contributed by atoms with Crippen LogP contribution in [0.2, 0.25) is 0 Å². The molecule has 0 aliphatic carbocycles. The minimum atomic E-state index is -0.494. The van der Waals surface area contributed by atoms with Gasteiger partial charge in [0.25, 0.3) is 0 Å². The van der Waals surface area contributed by atoms with Crippen LogP contribution in [0.25, 0.3) is 11.0 Å². The van der Waals surface area contributed by atoms with Crippen LogP contribution in [-0.4, -0.2) is 28.5 Å². The Hall–Kier alpha value is -3.35. The van der Waals surface area contributed by atoms with Crippen molar-refractivity contribution in [2.75, 3.05) is 12.4 Å². The van der Waals surface area contributed by atoms with E-state index in [4.69, 9.17) is 10.5 Å². The van der Waals surface area contributed by atoms with Gasteiger partial charge in [-0.3, -0.25) is 4.79 Å². The lowest BCUT2D eigenvalue weighted by Gasteiger charge is -2.07. The highest BCUT2D eigenvalue weighted by Crippen LogP contribution is 2.23. The molecule has 2 aromatic carbocycles. The number of ether oxygens (including phenoxy) is 1. The number of fused-ring (bicyclic) bond motifs is 1. The second-order valence-corrected chi connectivity index (χ2v) is 5.26. The van der Waals surface area contributed by atoms with Gasteiger partial charge in [-0.1, -0.05) is 6.07 Å². The summed E-state index contributed by atoms with van der Waals surface area (Å²) in [5.41, 5.74) is 8.35. The van der Waals surface area contributed by atoms with Gasteiger partial charge in [-0.05, 0) is 36.4 Å². The van der Waals surface area contributed by atoms with Crippen LogP contribution >= 0.6 is 0 Å². The van der Waals surface area contributed by atoms with Crippen molar-refractivity contribution in [1.82, 2.24) is 9.55 Å². The van der Waals surface area contributed by atoms with Gasteiger partial charge in [0, 0.05) is 18.3 Å². The molecule has 122 valence electrons. The van der Waals surface area contributed by atoms with E-state index < -0.39 is 11.9 Å². The molecular formula is C17H16N4O3. The summed E-state index contributed by atoms with van der Waals surface area (Å²) < 4.78 is 6.58. The molecule has 0 atom stereocenters. The van der Waals surface area contributed by atoms with E-state index in [0.717, 1.165) is 5.52 Å². The standard InChI is InChI=1S/C17H16N4O3/c1-21-14-7-6-11(16(23)24-2)9-13(14)20-17(21)19-12-5-3-4-10(8-12)15(18)22/h3-9H,1-2H3,(H2,18,22)(H,19,20). The van der Waals surface area contributed by atoms with E-state index in [-0.39, 0.29) is 0 Å². The summed E-state index contributed by atoms with van der Waals surface area (Å²) in [6.45, 7) is 0. The highest BCUT2D eigenvalue weighted by Gasteiger charge is 2.12. The van der Waals surface area contributed by atoms with Gasteiger partial charge in [-0.25, -0.2) is 9.78 Å². The van der Waals surface area contributed by atoms with Crippen LogP contribution in [0.15, 0.2) is 42.5 Å². The van der Waals surface area contributed by atoms with Crippen LogP contribution in [0.1, 0.15) is 20.7 Å². The fourth-order valence-electron chi connectivity index (χ4n) is 2.44. The summed E-state index contributed by atoms with van der Waals surface area (Å²) in [6, 6.07) is 12.0. The Morgan fingerprint density at radius 3 is 2.67 bits per heavy atom. The van der Waals surface area contributed by atoms with E-state index in [1.54, 1.807) is 36.4 Å². The Balaban J connectivity index is 1.98. The van der Waals surface area contributed by atoms with Gasteiger partial charge < -0.3 is 20.4 Å². The van der Waals surface area contributed by atoms with Crippen LogP contribution < -0.4 is 11.1 Å². The number of rotatable bonds is 4. The first kappa shape index (κ1) is 15.5. The van der Waals surface area contributed by atoms with E-state index in [2.05, 4.69) is 10.3 Å². The van der Waals surface area contributed by atoms with Crippen LogP contribution in [0.5, 0.6) is 0 Å². The minimum Gasteiger partial charge on any atom is -0.465 e. The molecule has 7 nitrogen and oxygen atoms in total. The second-order valence-electron chi connectivity index (χ2n) is 5.26. The van der Waals surface area contributed by atoms with Gasteiger partial charge in [0.15, 0.2) is 0 Å². The molecule has 3 aromatic rings. The van der Waals surface area contributed by atoms with E-state index in [0.29, 0.717) is 28.3 Å². The van der Waals surface area contributed by atoms with Gasteiger partial charge in [0.1, 0.15) is 0 Å². The predicted octanol–water partition coefficient (Wildman–Crippen LogP) is 2.20. The van der Waals surface area contributed by atoms with Gasteiger partial charge in [0.05, 0.1) is 23.7 Å². The molecule has 0 saturated heterocycles. The quantitative estimate of drug-likeness (QED) is 0.717. The summed E-state index contributed by atoms with van der Waals surface area (Å²) in [5.74, 6) is -0.328. The number of imidazole rings is 1. The van der Waals surface area contributed by atoms with Crippen molar-refractivity contribution in [2.24, 2.45) is 12.8 Å². The molecule has 0 radical (unpaired) electrons. The van der Waals surface area contributed by atoms with Gasteiger partial charge >= 0.3 is 5.97 Å². The van der Waals surface area contributed by atoms with Crippen LogP contribution in [0.4, 0.5) is 11.6 Å². The summed E-state index contributed by atoms with van der Waals surface area (Å²) in [5, 5.41) is 3.15. The van der Waals surface area contributed by atoms with Gasteiger partial charge in [-0.15, -0.1) is 0 Å². The fourth-order valence-corrected chi connectivity index (χ4v) is 2.44. The normalized spacial score (nSPS) is 10.6. The molecule has 1 aromatic heterocycles. The van der Waals surface area contributed by atoms with Crippen molar-refractivity contribution < 1.29 is 14.3 Å². The molecular weight excluding hydrogens is 308 g/mol. The molecule has 24 heavy (non-hydrogen) atoms. The monoisotopic (exact) mass is 324 g/mol. The zero-order chi connectivity index (χ0) is 17.3. The summed E-state index contributed by atoms with van der Waals surface area (Å²) in [7, 11) is 3.19. The van der Waals surface area contributed by atoms with Crippen molar-refractivity contribution in [3.05, 3.63) is 53.6 Å². The number of primary amides is 1. The number of benzene rings is 2. The summed E-state index contributed by atoms with van der Waals surface area (Å²) in [6.07, 6.45) is 0. The van der Waals surface area contributed by atoms with Gasteiger partial charge in [-0.2, -0.15) is 0 Å². The molecule has 3 N–H and O–H groups in total. The predicted molar refractivity (Wildman–Crippen MR) is 90.3 cm³/mol. The van der Waals surface area contributed by atoms with Crippen LogP contribution in [-0.2, 0) is 11.8 Å². The van der Waals surface area contributed by atoms with Crippen molar-refractivity contribution in [1.29, 1.82) is 0 Å². The van der Waals surface area contributed by atoms with Crippen molar-refractivity contribution in [3.63, 3.8) is 0 Å². The number of methoxy groups -OCH3 is 1. The lowest BCUT2D eigenvalue weighted by molar-refractivity contribution is 0.0600. The first-order valence-corrected chi connectivity index (χ1v) is 7.21. The molecule has 0 saturated carbocycles. The number of hydrogen-bond donors (Lipinski definition) is 2. The molecule has 0 spiro atoms. The third-order valence-electron chi connectivity index (χ3n) is 3.71. The Labute approximate surface area is 138 Å². The molecule has 7 heteroatoms. The number of esters is 1. The Kier molecular flexibility index (Phi) is 3.91. The fraction of sp³-hybridized carbons (Fsp3) is 0.118. The van der Waals surface area contributed by atoms with Crippen molar-refractivity contribution >= 4 is 34.5 Å². The average Bonchev–Trinajstić information content (AvgIpc) is 2.89. The van der Waals surface area contributed by atoms with E-state index in [1.807, 2.05) is 17.7 Å². The molecule has 1 heterocycles. The zero-order valence-electron chi connectivity index (χ0n) is 13.2. The number of aromatic nitrogens is 2. The molecule has 0 aliphatic rings. The number of nitrogens with zero attached hydrogens (tertiary/aromatic N) is 2. The maximum absolute atomic E-state index is 11.6. The number of amides is 1. The molecule has 0 unspecified atom stereocenters.